The van der Waals surface area contributed by atoms with Gasteiger partial charge in [0.15, 0.2) is 0 Å². The van der Waals surface area contributed by atoms with Crippen molar-refractivity contribution in [3.63, 3.8) is 0 Å². The monoisotopic (exact) mass is 213 g/mol. The molecule has 0 radical (unpaired) electrons. The van der Waals surface area contributed by atoms with Crippen molar-refractivity contribution in [2.24, 2.45) is 7.05 Å². The molecular weight excluding hydrogens is 198 g/mol. The van der Waals surface area contributed by atoms with Crippen LogP contribution in [0.2, 0.25) is 0 Å². The largest absolute Gasteiger partial charge is 0.399 e. The first-order chi connectivity index (χ1) is 7.66. The lowest BCUT2D eigenvalue weighted by Crippen LogP contribution is -1.92. The molecule has 2 rings (SSSR count). The van der Waals surface area contributed by atoms with Crippen molar-refractivity contribution in [2.75, 3.05) is 5.73 Å². The van der Waals surface area contributed by atoms with Gasteiger partial charge < -0.3 is 5.73 Å². The van der Waals surface area contributed by atoms with Crippen LogP contribution in [0.15, 0.2) is 30.5 Å². The quantitative estimate of drug-likeness (QED) is 0.779. The van der Waals surface area contributed by atoms with Gasteiger partial charge in [0, 0.05) is 24.0 Å². The van der Waals surface area contributed by atoms with Crippen LogP contribution in [0.5, 0.6) is 0 Å². The van der Waals surface area contributed by atoms with Gasteiger partial charge >= 0.3 is 0 Å². The van der Waals surface area contributed by atoms with Crippen LogP contribution in [0.1, 0.15) is 16.8 Å². The standard InChI is InChI=1S/C13H15N3/c1-10-12(9-15-16(10)2)6-3-11-4-7-13(14)8-5-11/h3-9H,14H2,1-2H3/b6-3+. The maximum absolute atomic E-state index is 5.62. The zero-order chi connectivity index (χ0) is 11.5. The Morgan fingerprint density at radius 3 is 2.44 bits per heavy atom. The maximum Gasteiger partial charge on any atom is 0.0564 e. The number of hydrogen-bond donors (Lipinski definition) is 1. The summed E-state index contributed by atoms with van der Waals surface area (Å²) in [6.45, 7) is 2.05. The molecule has 0 aliphatic carbocycles. The van der Waals surface area contributed by atoms with E-state index in [2.05, 4.69) is 24.2 Å². The van der Waals surface area contributed by atoms with Crippen LogP contribution < -0.4 is 5.73 Å². The molecule has 1 aromatic carbocycles. The topological polar surface area (TPSA) is 43.8 Å². The third-order valence-corrected chi connectivity index (χ3v) is 2.67. The van der Waals surface area contributed by atoms with Crippen LogP contribution in [0.25, 0.3) is 12.2 Å². The number of aromatic nitrogens is 2. The van der Waals surface area contributed by atoms with Gasteiger partial charge in [-0.15, -0.1) is 0 Å². The summed E-state index contributed by atoms with van der Waals surface area (Å²) in [7, 11) is 1.94. The lowest BCUT2D eigenvalue weighted by molar-refractivity contribution is 0.740. The average Bonchev–Trinajstić information content (AvgIpc) is 2.60. The summed E-state index contributed by atoms with van der Waals surface area (Å²) in [5.74, 6) is 0. The van der Waals surface area contributed by atoms with Crippen molar-refractivity contribution in [3.8, 4) is 0 Å². The fraction of sp³-hybridized carbons (Fsp3) is 0.154. The second-order valence-electron chi connectivity index (χ2n) is 3.81. The number of nitrogen functional groups attached to an aromatic ring is 1. The summed E-state index contributed by atoms with van der Waals surface area (Å²) in [6.07, 6.45) is 5.99. The Kier molecular flexibility index (Phi) is 2.77. The molecular formula is C13H15N3. The second kappa shape index (κ2) is 4.23. The van der Waals surface area contributed by atoms with Crippen LogP contribution >= 0.6 is 0 Å². The summed E-state index contributed by atoms with van der Waals surface area (Å²) in [5.41, 5.74) is 9.84. The first-order valence-electron chi connectivity index (χ1n) is 5.19. The molecule has 2 N–H and O–H groups in total. The number of nitrogens with two attached hydrogens (primary N) is 1. The Balaban J connectivity index is 2.21. The molecule has 0 unspecified atom stereocenters. The van der Waals surface area contributed by atoms with E-state index in [0.29, 0.717) is 0 Å². The van der Waals surface area contributed by atoms with E-state index in [1.54, 1.807) is 0 Å². The van der Waals surface area contributed by atoms with Crippen LogP contribution in [0.4, 0.5) is 5.69 Å². The van der Waals surface area contributed by atoms with Gasteiger partial charge in [-0.3, -0.25) is 4.68 Å². The van der Waals surface area contributed by atoms with Crippen molar-refractivity contribution >= 4 is 17.8 Å². The molecule has 82 valence electrons. The molecule has 0 atom stereocenters. The summed E-state index contributed by atoms with van der Waals surface area (Å²) in [5, 5.41) is 4.19. The second-order valence-corrected chi connectivity index (χ2v) is 3.81. The highest BCUT2D eigenvalue weighted by atomic mass is 15.3. The van der Waals surface area contributed by atoms with E-state index < -0.39 is 0 Å². The first-order valence-corrected chi connectivity index (χ1v) is 5.19. The number of hydrogen-bond acceptors (Lipinski definition) is 2. The van der Waals surface area contributed by atoms with Gasteiger partial charge in [-0.2, -0.15) is 5.10 Å². The van der Waals surface area contributed by atoms with Crippen molar-refractivity contribution < 1.29 is 0 Å². The predicted molar refractivity (Wildman–Crippen MR) is 67.7 cm³/mol. The number of aryl methyl sites for hydroxylation is 1. The molecule has 0 spiro atoms. The third kappa shape index (κ3) is 2.14. The van der Waals surface area contributed by atoms with Crippen LogP contribution in [-0.2, 0) is 7.05 Å². The highest BCUT2D eigenvalue weighted by molar-refractivity contribution is 5.70. The zero-order valence-corrected chi connectivity index (χ0v) is 9.51. The Morgan fingerprint density at radius 1 is 1.19 bits per heavy atom. The lowest BCUT2D eigenvalue weighted by atomic mass is 10.1. The molecule has 1 aromatic heterocycles. The highest BCUT2D eigenvalue weighted by Crippen LogP contribution is 2.12. The van der Waals surface area contributed by atoms with Gasteiger partial charge in [0.25, 0.3) is 0 Å². The van der Waals surface area contributed by atoms with Crippen molar-refractivity contribution in [1.82, 2.24) is 9.78 Å². The van der Waals surface area contributed by atoms with E-state index >= 15 is 0 Å². The number of rotatable bonds is 2. The molecule has 0 saturated heterocycles. The molecule has 16 heavy (non-hydrogen) atoms. The summed E-state index contributed by atoms with van der Waals surface area (Å²) < 4.78 is 1.86. The van der Waals surface area contributed by atoms with E-state index in [9.17, 15) is 0 Å². The molecule has 0 aliphatic heterocycles. The summed E-state index contributed by atoms with van der Waals surface area (Å²) >= 11 is 0. The minimum Gasteiger partial charge on any atom is -0.399 e. The fourth-order valence-corrected chi connectivity index (χ4v) is 1.47. The molecule has 0 amide bonds. The molecule has 3 heteroatoms. The SMILES string of the molecule is Cc1c(/C=C/c2ccc(N)cc2)cnn1C. The molecule has 0 saturated carbocycles. The maximum atomic E-state index is 5.62. The number of anilines is 1. The fourth-order valence-electron chi connectivity index (χ4n) is 1.47. The molecule has 0 aliphatic rings. The van der Waals surface area contributed by atoms with Gasteiger partial charge in [0.2, 0.25) is 0 Å². The number of nitrogens with zero attached hydrogens (tertiary/aromatic N) is 2. The summed E-state index contributed by atoms with van der Waals surface area (Å²) in [4.78, 5) is 0. The van der Waals surface area contributed by atoms with Crippen LogP contribution in [0, 0.1) is 6.92 Å². The van der Waals surface area contributed by atoms with Crippen LogP contribution in [0.3, 0.4) is 0 Å². The van der Waals surface area contributed by atoms with Gasteiger partial charge in [-0.1, -0.05) is 24.3 Å². The predicted octanol–water partition coefficient (Wildman–Crippen LogP) is 2.48. The molecule has 3 nitrogen and oxygen atoms in total. The van der Waals surface area contributed by atoms with E-state index in [1.807, 2.05) is 42.2 Å². The van der Waals surface area contributed by atoms with E-state index in [0.717, 1.165) is 22.5 Å². The highest BCUT2D eigenvalue weighted by Gasteiger charge is 1.98. The van der Waals surface area contributed by atoms with E-state index in [-0.39, 0.29) is 0 Å². The Labute approximate surface area is 95.2 Å². The normalized spacial score (nSPS) is 11.1. The van der Waals surface area contributed by atoms with Crippen molar-refractivity contribution in [1.29, 1.82) is 0 Å². The first kappa shape index (κ1) is 10.5. The Bertz CT molecular complexity index is 506. The zero-order valence-electron chi connectivity index (χ0n) is 9.51. The van der Waals surface area contributed by atoms with Gasteiger partial charge in [-0.25, -0.2) is 0 Å². The van der Waals surface area contributed by atoms with Crippen LogP contribution in [-0.4, -0.2) is 9.78 Å². The van der Waals surface area contributed by atoms with Crippen molar-refractivity contribution in [3.05, 3.63) is 47.3 Å². The van der Waals surface area contributed by atoms with Gasteiger partial charge in [0.05, 0.1) is 6.20 Å². The Hall–Kier alpha value is -2.03. The van der Waals surface area contributed by atoms with Gasteiger partial charge in [0.1, 0.15) is 0 Å². The Morgan fingerprint density at radius 2 is 1.88 bits per heavy atom. The smallest absolute Gasteiger partial charge is 0.0564 e. The minimum atomic E-state index is 0.787. The third-order valence-electron chi connectivity index (χ3n) is 2.67. The molecule has 2 aromatic rings. The molecule has 0 fully saturated rings. The van der Waals surface area contributed by atoms with E-state index in [1.165, 1.54) is 0 Å². The number of benzene rings is 1. The van der Waals surface area contributed by atoms with Crippen molar-refractivity contribution in [2.45, 2.75) is 6.92 Å². The van der Waals surface area contributed by atoms with Gasteiger partial charge in [-0.05, 0) is 24.6 Å². The minimum absolute atomic E-state index is 0.787. The lowest BCUT2D eigenvalue weighted by Gasteiger charge is -1.96. The molecule has 1 heterocycles. The molecule has 0 bridgehead atoms. The average molecular weight is 213 g/mol. The van der Waals surface area contributed by atoms with E-state index in [4.69, 9.17) is 5.73 Å². The summed E-state index contributed by atoms with van der Waals surface area (Å²) in [6, 6.07) is 7.79.